The van der Waals surface area contributed by atoms with Crippen LogP contribution in [0.4, 0.5) is 4.39 Å². The van der Waals surface area contributed by atoms with Crippen LogP contribution in [-0.4, -0.2) is 11.7 Å². The Bertz CT molecular complexity index is 480. The first-order valence-electron chi connectivity index (χ1n) is 4.86. The van der Waals surface area contributed by atoms with E-state index in [1.807, 2.05) is 6.07 Å². The Morgan fingerprint density at radius 1 is 1.31 bits per heavy atom. The minimum atomic E-state index is -0.283. The van der Waals surface area contributed by atoms with Crippen LogP contribution in [0.1, 0.15) is 5.56 Å². The molecule has 0 aromatic heterocycles. The second-order valence-electron chi connectivity index (χ2n) is 3.45. The SMILES string of the molecule is OCC1=CN=IC=C1Cc1cccc(F)c1. The van der Waals surface area contributed by atoms with E-state index in [2.05, 4.69) is 7.23 Å². The zero-order valence-electron chi connectivity index (χ0n) is 8.53. The molecule has 0 bridgehead atoms. The van der Waals surface area contributed by atoms with Gasteiger partial charge in [-0.05, 0) is 33.8 Å². The molecule has 2 nitrogen and oxygen atoms in total. The van der Waals surface area contributed by atoms with Gasteiger partial charge < -0.3 is 5.11 Å². The van der Waals surface area contributed by atoms with Crippen molar-refractivity contribution in [2.24, 2.45) is 3.15 Å². The minimum absolute atomic E-state index is 0.00557. The summed E-state index contributed by atoms with van der Waals surface area (Å²) in [4.78, 5) is 0. The van der Waals surface area contributed by atoms with Gasteiger partial charge >= 0.3 is 0 Å². The fraction of sp³-hybridized carbons (Fsp3) is 0.167. The van der Waals surface area contributed by atoms with E-state index in [1.165, 1.54) is 12.1 Å². The van der Waals surface area contributed by atoms with Gasteiger partial charge in [0.2, 0.25) is 0 Å². The first-order chi connectivity index (χ1) is 7.79. The Labute approximate surface area is 104 Å². The highest BCUT2D eigenvalue weighted by atomic mass is 127. The number of nitrogens with zero attached hydrogens (tertiary/aromatic N) is 1. The summed E-state index contributed by atoms with van der Waals surface area (Å²) in [6.07, 6.45) is 2.40. The summed E-state index contributed by atoms with van der Waals surface area (Å²) >= 11 is -0.283. The number of rotatable bonds is 3. The van der Waals surface area contributed by atoms with Gasteiger partial charge in [-0.3, -0.25) is 0 Å². The Morgan fingerprint density at radius 3 is 2.94 bits per heavy atom. The van der Waals surface area contributed by atoms with E-state index < -0.39 is 0 Å². The monoisotopic (exact) mass is 331 g/mol. The topological polar surface area (TPSA) is 32.6 Å². The maximum atomic E-state index is 13.0. The third-order valence-corrected chi connectivity index (χ3v) is 3.94. The Kier molecular flexibility index (Phi) is 3.95. The molecule has 16 heavy (non-hydrogen) atoms. The molecular weight excluding hydrogens is 320 g/mol. The summed E-state index contributed by atoms with van der Waals surface area (Å²) in [7, 11) is 0. The second kappa shape index (κ2) is 5.45. The highest BCUT2D eigenvalue weighted by molar-refractivity contribution is 14.2. The van der Waals surface area contributed by atoms with Gasteiger partial charge in [0, 0.05) is 32.8 Å². The lowest BCUT2D eigenvalue weighted by atomic mass is 10.0. The van der Waals surface area contributed by atoms with Crippen LogP contribution in [0, 0.1) is 5.82 Å². The van der Waals surface area contributed by atoms with E-state index in [4.69, 9.17) is 5.11 Å². The van der Waals surface area contributed by atoms with Crippen molar-refractivity contribution in [3.63, 3.8) is 0 Å². The lowest BCUT2D eigenvalue weighted by Gasteiger charge is -2.10. The molecule has 1 aliphatic rings. The van der Waals surface area contributed by atoms with Gasteiger partial charge in [-0.2, -0.15) is 0 Å². The van der Waals surface area contributed by atoms with Crippen molar-refractivity contribution in [2.45, 2.75) is 6.42 Å². The first-order valence-corrected chi connectivity index (χ1v) is 7.07. The number of halogens is 2. The van der Waals surface area contributed by atoms with Crippen LogP contribution in [0.2, 0.25) is 0 Å². The summed E-state index contributed by atoms with van der Waals surface area (Å²) < 4.78 is 19.3. The van der Waals surface area contributed by atoms with Crippen molar-refractivity contribution in [1.82, 2.24) is 0 Å². The highest BCUT2D eigenvalue weighted by Gasteiger charge is 2.08. The third kappa shape index (κ3) is 2.82. The zero-order valence-corrected chi connectivity index (χ0v) is 10.7. The van der Waals surface area contributed by atoms with Crippen molar-refractivity contribution in [3.05, 3.63) is 57.1 Å². The normalized spacial score (nSPS) is 15.1. The average Bonchev–Trinajstić information content (AvgIpc) is 2.30. The fourth-order valence-electron chi connectivity index (χ4n) is 1.49. The molecule has 0 amide bonds. The smallest absolute Gasteiger partial charge is 0.123 e. The molecule has 1 heterocycles. The molecule has 1 aromatic rings. The van der Waals surface area contributed by atoms with E-state index in [1.54, 1.807) is 12.3 Å². The number of aliphatic hydroxyl groups excluding tert-OH is 1. The molecule has 0 unspecified atom stereocenters. The summed E-state index contributed by atoms with van der Waals surface area (Å²) in [5, 5.41) is 9.16. The van der Waals surface area contributed by atoms with Gasteiger partial charge in [-0.1, -0.05) is 12.1 Å². The van der Waals surface area contributed by atoms with Gasteiger partial charge in [0.15, 0.2) is 0 Å². The molecule has 84 valence electrons. The molecule has 4 heteroatoms. The van der Waals surface area contributed by atoms with Crippen molar-refractivity contribution in [2.75, 3.05) is 6.61 Å². The summed E-state index contributed by atoms with van der Waals surface area (Å²) in [6.45, 7) is -0.00557. The first kappa shape index (κ1) is 11.6. The highest BCUT2D eigenvalue weighted by Crippen LogP contribution is 2.25. The van der Waals surface area contributed by atoms with Crippen LogP contribution >= 0.6 is 21.0 Å². The van der Waals surface area contributed by atoms with Crippen LogP contribution < -0.4 is 0 Å². The molecule has 0 atom stereocenters. The number of hydrogen-bond acceptors (Lipinski definition) is 2. The van der Waals surface area contributed by atoms with Crippen LogP contribution in [0.5, 0.6) is 0 Å². The third-order valence-electron chi connectivity index (χ3n) is 2.31. The molecule has 1 N–H and O–H groups in total. The number of benzene rings is 1. The lowest BCUT2D eigenvalue weighted by molar-refractivity contribution is 0.333. The van der Waals surface area contributed by atoms with Crippen molar-refractivity contribution >= 4 is 21.0 Å². The molecular formula is C12H11FINO. The largest absolute Gasteiger partial charge is 0.392 e. The van der Waals surface area contributed by atoms with Gasteiger partial charge in [0.25, 0.3) is 0 Å². The predicted molar refractivity (Wildman–Crippen MR) is 69.8 cm³/mol. The summed E-state index contributed by atoms with van der Waals surface area (Å²) in [6, 6.07) is 6.56. The molecule has 0 fully saturated rings. The van der Waals surface area contributed by atoms with Gasteiger partial charge in [0.05, 0.1) is 6.61 Å². The number of hydrogen-bond donors (Lipinski definition) is 1. The lowest BCUT2D eigenvalue weighted by Crippen LogP contribution is -2.00. The maximum Gasteiger partial charge on any atom is 0.123 e. The van der Waals surface area contributed by atoms with Crippen molar-refractivity contribution in [1.29, 1.82) is 0 Å². The standard InChI is InChI=1S/C12H11FINO/c13-12-3-1-2-9(5-12)4-10-6-14-15-7-11(10)8-16/h1-3,5-7,16H,4,8H2. The quantitative estimate of drug-likeness (QED) is 0.847. The average molecular weight is 331 g/mol. The molecule has 2 rings (SSSR count). The van der Waals surface area contributed by atoms with E-state index in [9.17, 15) is 4.39 Å². The summed E-state index contributed by atoms with van der Waals surface area (Å²) in [5.41, 5.74) is 2.85. The Balaban J connectivity index is 2.19. The number of aliphatic hydroxyl groups is 1. The van der Waals surface area contributed by atoms with E-state index in [0.29, 0.717) is 6.42 Å². The fourth-order valence-corrected chi connectivity index (χ4v) is 3.10. The van der Waals surface area contributed by atoms with Crippen LogP contribution in [-0.2, 0) is 6.42 Å². The van der Waals surface area contributed by atoms with Crippen molar-refractivity contribution in [3.8, 4) is 0 Å². The molecule has 0 spiro atoms. The van der Waals surface area contributed by atoms with E-state index >= 15 is 0 Å². The molecule has 0 aliphatic carbocycles. The Hall–Kier alpha value is -0.880. The molecule has 1 aliphatic heterocycles. The van der Waals surface area contributed by atoms with Crippen LogP contribution in [0.25, 0.3) is 0 Å². The maximum absolute atomic E-state index is 13.0. The summed E-state index contributed by atoms with van der Waals surface area (Å²) in [5.74, 6) is -0.220. The zero-order chi connectivity index (χ0) is 11.4. The van der Waals surface area contributed by atoms with Crippen LogP contribution in [0.3, 0.4) is 0 Å². The van der Waals surface area contributed by atoms with Gasteiger partial charge in [0.1, 0.15) is 5.82 Å². The predicted octanol–water partition coefficient (Wildman–Crippen LogP) is 3.30. The Morgan fingerprint density at radius 2 is 2.19 bits per heavy atom. The van der Waals surface area contributed by atoms with Gasteiger partial charge in [-0.25, -0.2) is 7.54 Å². The van der Waals surface area contributed by atoms with Crippen molar-refractivity contribution < 1.29 is 9.50 Å². The van der Waals surface area contributed by atoms with Gasteiger partial charge in [-0.15, -0.1) is 0 Å². The molecule has 1 aromatic carbocycles. The minimum Gasteiger partial charge on any atom is -0.392 e. The van der Waals surface area contributed by atoms with Crippen LogP contribution in [0.15, 0.2) is 48.8 Å². The molecule has 0 saturated heterocycles. The second-order valence-corrected chi connectivity index (χ2v) is 5.19. The van der Waals surface area contributed by atoms with E-state index in [-0.39, 0.29) is 33.5 Å². The molecule has 0 saturated carbocycles. The van der Waals surface area contributed by atoms with E-state index in [0.717, 1.165) is 16.7 Å². The molecule has 0 radical (unpaired) electrons.